The van der Waals surface area contributed by atoms with Crippen molar-refractivity contribution in [1.29, 1.82) is 0 Å². The number of carboxylic acids is 1. The Labute approximate surface area is 108 Å². The predicted octanol–water partition coefficient (Wildman–Crippen LogP) is 3.11. The van der Waals surface area contributed by atoms with E-state index < -0.39 is 11.4 Å². The van der Waals surface area contributed by atoms with E-state index in [1.807, 2.05) is 0 Å². The Hall–Kier alpha value is -1.81. The second-order valence-corrected chi connectivity index (χ2v) is 4.86. The Morgan fingerprint density at radius 1 is 1.33 bits per heavy atom. The summed E-state index contributed by atoms with van der Waals surface area (Å²) < 4.78 is 5.56. The fourth-order valence-electron chi connectivity index (χ4n) is 1.91. The molecule has 0 atom stereocenters. The third-order valence-corrected chi connectivity index (χ3v) is 3.48. The van der Waals surface area contributed by atoms with E-state index in [1.165, 1.54) is 6.20 Å². The van der Waals surface area contributed by atoms with Crippen LogP contribution in [0.3, 0.4) is 0 Å². The van der Waals surface area contributed by atoms with Crippen LogP contribution in [0.25, 0.3) is 11.5 Å². The number of aromatic nitrogens is 1. The summed E-state index contributed by atoms with van der Waals surface area (Å²) in [4.78, 5) is 15.3. The Morgan fingerprint density at radius 2 is 2.00 bits per heavy atom. The minimum atomic E-state index is -0.850. The first-order valence-electron chi connectivity index (χ1n) is 5.57. The lowest BCUT2D eigenvalue weighted by molar-refractivity contribution is -0.140. The number of hydrogen-bond donors (Lipinski definition) is 1. The van der Waals surface area contributed by atoms with Crippen LogP contribution in [-0.2, 0) is 10.2 Å². The third kappa shape index (κ3) is 1.69. The molecule has 4 nitrogen and oxygen atoms in total. The van der Waals surface area contributed by atoms with Crippen LogP contribution < -0.4 is 0 Å². The molecule has 92 valence electrons. The average molecular weight is 264 g/mol. The minimum Gasteiger partial charge on any atom is -0.480 e. The summed E-state index contributed by atoms with van der Waals surface area (Å²) in [6.45, 7) is 0. The van der Waals surface area contributed by atoms with Crippen molar-refractivity contribution in [1.82, 2.24) is 4.98 Å². The van der Waals surface area contributed by atoms with Crippen LogP contribution in [0.2, 0.25) is 5.02 Å². The van der Waals surface area contributed by atoms with Gasteiger partial charge in [0.15, 0.2) is 0 Å². The van der Waals surface area contributed by atoms with Crippen LogP contribution in [0.15, 0.2) is 34.9 Å². The molecule has 3 rings (SSSR count). The quantitative estimate of drug-likeness (QED) is 0.924. The van der Waals surface area contributed by atoms with Gasteiger partial charge in [-0.25, -0.2) is 4.98 Å². The van der Waals surface area contributed by atoms with E-state index in [0.717, 1.165) is 5.56 Å². The highest BCUT2D eigenvalue weighted by molar-refractivity contribution is 6.30. The molecule has 0 amide bonds. The van der Waals surface area contributed by atoms with Gasteiger partial charge in [-0.2, -0.15) is 0 Å². The number of carbonyl (C=O) groups is 1. The lowest BCUT2D eigenvalue weighted by Crippen LogP contribution is -2.18. The normalized spacial score (nSPS) is 16.5. The van der Waals surface area contributed by atoms with Gasteiger partial charge in [0.05, 0.1) is 6.20 Å². The van der Waals surface area contributed by atoms with Crippen LogP contribution in [0, 0.1) is 0 Å². The lowest BCUT2D eigenvalue weighted by Gasteiger charge is -2.03. The van der Waals surface area contributed by atoms with Crippen molar-refractivity contribution in [2.75, 3.05) is 0 Å². The molecule has 18 heavy (non-hydrogen) atoms. The molecular weight excluding hydrogens is 254 g/mol. The molecule has 2 aromatic rings. The Kier molecular flexibility index (Phi) is 2.41. The maximum absolute atomic E-state index is 11.2. The second kappa shape index (κ2) is 3.85. The first-order valence-corrected chi connectivity index (χ1v) is 5.95. The van der Waals surface area contributed by atoms with Gasteiger partial charge in [-0.15, -0.1) is 0 Å². The van der Waals surface area contributed by atoms with Gasteiger partial charge in [-0.05, 0) is 37.1 Å². The summed E-state index contributed by atoms with van der Waals surface area (Å²) in [5.74, 6) is 0.00967. The summed E-state index contributed by atoms with van der Waals surface area (Å²) in [6, 6.07) is 7.06. The monoisotopic (exact) mass is 263 g/mol. The number of hydrogen-bond acceptors (Lipinski definition) is 3. The zero-order valence-corrected chi connectivity index (χ0v) is 10.1. The Bertz CT molecular complexity index is 599. The van der Waals surface area contributed by atoms with Crippen molar-refractivity contribution in [2.45, 2.75) is 18.3 Å². The van der Waals surface area contributed by atoms with Crippen LogP contribution in [-0.4, -0.2) is 16.1 Å². The molecule has 0 spiro atoms. The molecule has 1 aromatic heterocycles. The highest BCUT2D eigenvalue weighted by atomic mass is 35.5. The molecule has 1 aromatic carbocycles. The molecule has 0 saturated heterocycles. The topological polar surface area (TPSA) is 63.3 Å². The van der Waals surface area contributed by atoms with E-state index >= 15 is 0 Å². The SMILES string of the molecule is O=C(O)C1(c2cnc(-c3ccc(Cl)cc3)o2)CC1. The van der Waals surface area contributed by atoms with Crippen LogP contribution >= 0.6 is 11.6 Å². The molecule has 0 aliphatic heterocycles. The molecule has 1 aliphatic carbocycles. The number of benzene rings is 1. The van der Waals surface area contributed by atoms with Crippen LogP contribution in [0.1, 0.15) is 18.6 Å². The fraction of sp³-hybridized carbons (Fsp3) is 0.231. The molecular formula is C13H10ClNO3. The van der Waals surface area contributed by atoms with Gasteiger partial charge in [0.25, 0.3) is 0 Å². The first kappa shape index (κ1) is 11.3. The van der Waals surface area contributed by atoms with Crippen molar-refractivity contribution in [3.63, 3.8) is 0 Å². The Morgan fingerprint density at radius 3 is 2.56 bits per heavy atom. The van der Waals surface area contributed by atoms with E-state index in [9.17, 15) is 4.79 Å². The summed E-state index contributed by atoms with van der Waals surface area (Å²) in [5.41, 5.74) is -0.0654. The number of halogens is 1. The molecule has 0 bridgehead atoms. The average Bonchev–Trinajstić information content (AvgIpc) is 3.03. The van der Waals surface area contributed by atoms with E-state index in [4.69, 9.17) is 21.1 Å². The van der Waals surface area contributed by atoms with E-state index in [0.29, 0.717) is 29.5 Å². The van der Waals surface area contributed by atoms with E-state index in [-0.39, 0.29) is 0 Å². The van der Waals surface area contributed by atoms with Crippen molar-refractivity contribution < 1.29 is 14.3 Å². The summed E-state index contributed by atoms with van der Waals surface area (Å²) in [5, 5.41) is 9.80. The zero-order valence-electron chi connectivity index (χ0n) is 9.39. The van der Waals surface area contributed by atoms with Gasteiger partial charge < -0.3 is 9.52 Å². The number of rotatable bonds is 3. The van der Waals surface area contributed by atoms with Gasteiger partial charge in [0.2, 0.25) is 5.89 Å². The first-order chi connectivity index (χ1) is 8.62. The number of aliphatic carboxylic acids is 1. The molecule has 1 N–H and O–H groups in total. The standard InChI is InChI=1S/C13H10ClNO3/c14-9-3-1-8(2-4-9)11-15-7-10(18-11)13(5-6-13)12(16)17/h1-4,7H,5-6H2,(H,16,17). The fourth-order valence-corrected chi connectivity index (χ4v) is 2.04. The molecule has 0 radical (unpaired) electrons. The smallest absolute Gasteiger partial charge is 0.317 e. The maximum Gasteiger partial charge on any atom is 0.317 e. The summed E-state index contributed by atoms with van der Waals surface area (Å²) in [7, 11) is 0. The van der Waals surface area contributed by atoms with Gasteiger partial charge in [-0.1, -0.05) is 11.6 Å². The van der Waals surface area contributed by atoms with Crippen LogP contribution in [0.5, 0.6) is 0 Å². The number of oxazole rings is 1. The summed E-state index contributed by atoms with van der Waals surface area (Å²) >= 11 is 5.80. The highest BCUT2D eigenvalue weighted by Crippen LogP contribution is 2.49. The largest absolute Gasteiger partial charge is 0.480 e. The zero-order chi connectivity index (χ0) is 12.8. The molecule has 1 aliphatic rings. The van der Waals surface area contributed by atoms with Crippen molar-refractivity contribution >= 4 is 17.6 Å². The maximum atomic E-state index is 11.2. The van der Waals surface area contributed by atoms with Gasteiger partial charge in [0, 0.05) is 10.6 Å². The highest BCUT2D eigenvalue weighted by Gasteiger charge is 2.55. The van der Waals surface area contributed by atoms with Crippen molar-refractivity contribution in [2.24, 2.45) is 0 Å². The van der Waals surface area contributed by atoms with Crippen molar-refractivity contribution in [3.8, 4) is 11.5 Å². The van der Waals surface area contributed by atoms with Gasteiger partial charge in [0.1, 0.15) is 11.2 Å². The van der Waals surface area contributed by atoms with Crippen LogP contribution in [0.4, 0.5) is 0 Å². The van der Waals surface area contributed by atoms with Gasteiger partial charge in [-0.3, -0.25) is 4.79 Å². The Balaban J connectivity index is 1.95. The minimum absolute atomic E-state index is 0.425. The molecule has 1 fully saturated rings. The lowest BCUT2D eigenvalue weighted by atomic mass is 10.1. The van der Waals surface area contributed by atoms with Gasteiger partial charge >= 0.3 is 5.97 Å². The van der Waals surface area contributed by atoms with Crippen molar-refractivity contribution in [3.05, 3.63) is 41.2 Å². The predicted molar refractivity (Wildman–Crippen MR) is 65.5 cm³/mol. The van der Waals surface area contributed by atoms with E-state index in [2.05, 4.69) is 4.98 Å². The summed E-state index contributed by atoms with van der Waals surface area (Å²) in [6.07, 6.45) is 2.72. The molecule has 0 unspecified atom stereocenters. The molecule has 1 saturated carbocycles. The molecule has 5 heteroatoms. The third-order valence-electron chi connectivity index (χ3n) is 3.23. The number of carboxylic acid groups (broad SMARTS) is 1. The number of nitrogens with zero attached hydrogens (tertiary/aromatic N) is 1. The second-order valence-electron chi connectivity index (χ2n) is 4.42. The molecule has 1 heterocycles. The van der Waals surface area contributed by atoms with E-state index in [1.54, 1.807) is 24.3 Å².